The van der Waals surface area contributed by atoms with Gasteiger partial charge in [0, 0.05) is 7.11 Å². The van der Waals surface area contributed by atoms with Gasteiger partial charge in [0.1, 0.15) is 0 Å². The summed E-state index contributed by atoms with van der Waals surface area (Å²) in [6.45, 7) is 0. The first kappa shape index (κ1) is 9.48. The van der Waals surface area contributed by atoms with Crippen LogP contribution in [0.3, 0.4) is 0 Å². The molecule has 12 heavy (non-hydrogen) atoms. The van der Waals surface area contributed by atoms with Crippen molar-refractivity contribution in [3.63, 3.8) is 0 Å². The van der Waals surface area contributed by atoms with E-state index in [1.807, 2.05) is 0 Å². The molecule has 1 fully saturated rings. The van der Waals surface area contributed by atoms with Gasteiger partial charge in [-0.3, -0.25) is 0 Å². The fraction of sp³-hybridized carbons (Fsp3) is 0.875. The Hall–Kier alpha value is -0.610. The highest BCUT2D eigenvalue weighted by Crippen LogP contribution is 2.26. The van der Waals surface area contributed by atoms with Crippen molar-refractivity contribution < 1.29 is 19.7 Å². The largest absolute Gasteiger partial charge is 0.381 e. The predicted octanol–water partition coefficient (Wildman–Crippen LogP) is 1.21. The summed E-state index contributed by atoms with van der Waals surface area (Å²) in [5.74, 6) is -0.647. The first-order valence-electron chi connectivity index (χ1n) is 4.16. The smallest absolute Gasteiger partial charge is 0.345 e. The Morgan fingerprint density at radius 1 is 1.33 bits per heavy atom. The number of rotatable bonds is 2. The fourth-order valence-electron chi connectivity index (χ4n) is 1.61. The minimum atomic E-state index is -0.510. The van der Waals surface area contributed by atoms with E-state index in [1.54, 1.807) is 7.11 Å². The molecule has 1 rings (SSSR count). The lowest BCUT2D eigenvalue weighted by Crippen LogP contribution is -2.26. The number of hydrogen-bond donors (Lipinski definition) is 1. The molecule has 4 heteroatoms. The number of methoxy groups -OCH3 is 1. The van der Waals surface area contributed by atoms with Gasteiger partial charge >= 0.3 is 5.97 Å². The molecule has 1 aliphatic carbocycles. The zero-order valence-corrected chi connectivity index (χ0v) is 7.16. The van der Waals surface area contributed by atoms with E-state index in [4.69, 9.17) is 9.99 Å². The maximum Gasteiger partial charge on any atom is 0.345 e. The van der Waals surface area contributed by atoms with E-state index in [1.165, 1.54) is 0 Å². The van der Waals surface area contributed by atoms with Crippen LogP contribution < -0.4 is 0 Å². The maximum atomic E-state index is 10.8. The number of carbonyl (C=O) groups is 1. The molecule has 0 heterocycles. The summed E-state index contributed by atoms with van der Waals surface area (Å²) in [7, 11) is 1.68. The molecule has 0 saturated heterocycles. The zero-order valence-electron chi connectivity index (χ0n) is 7.16. The fourth-order valence-corrected chi connectivity index (χ4v) is 1.61. The van der Waals surface area contributed by atoms with Crippen molar-refractivity contribution in [2.24, 2.45) is 5.92 Å². The minimum Gasteiger partial charge on any atom is -0.381 e. The van der Waals surface area contributed by atoms with Crippen LogP contribution >= 0.6 is 0 Å². The lowest BCUT2D eigenvalue weighted by atomic mass is 9.87. The van der Waals surface area contributed by atoms with Crippen molar-refractivity contribution >= 4 is 5.97 Å². The van der Waals surface area contributed by atoms with Gasteiger partial charge in [0.05, 0.1) is 12.0 Å². The molecule has 0 amide bonds. The summed E-state index contributed by atoms with van der Waals surface area (Å²) in [4.78, 5) is 14.5. The highest BCUT2D eigenvalue weighted by Gasteiger charge is 2.27. The van der Waals surface area contributed by atoms with E-state index < -0.39 is 5.97 Å². The van der Waals surface area contributed by atoms with Crippen LogP contribution in [-0.4, -0.2) is 24.4 Å². The van der Waals surface area contributed by atoms with E-state index in [9.17, 15) is 4.79 Å². The van der Waals surface area contributed by atoms with E-state index in [-0.39, 0.29) is 12.0 Å². The Bertz CT molecular complexity index is 149. The van der Waals surface area contributed by atoms with Crippen LogP contribution in [0.1, 0.15) is 25.7 Å². The van der Waals surface area contributed by atoms with Gasteiger partial charge in [0.15, 0.2) is 0 Å². The van der Waals surface area contributed by atoms with Crippen molar-refractivity contribution in [3.8, 4) is 0 Å². The van der Waals surface area contributed by atoms with Gasteiger partial charge < -0.3 is 9.62 Å². The molecular formula is C8H14O4. The summed E-state index contributed by atoms with van der Waals surface area (Å²) >= 11 is 0. The standard InChI is InChI=1S/C8H14O4/c1-11-7-4-2-6(3-5-7)8(9)12-10/h6-7,10H,2-5H2,1H3. The first-order chi connectivity index (χ1) is 5.77. The van der Waals surface area contributed by atoms with Crippen molar-refractivity contribution in [2.75, 3.05) is 7.11 Å². The van der Waals surface area contributed by atoms with Crippen molar-refractivity contribution in [3.05, 3.63) is 0 Å². The van der Waals surface area contributed by atoms with Crippen molar-refractivity contribution in [2.45, 2.75) is 31.8 Å². The molecular weight excluding hydrogens is 160 g/mol. The van der Waals surface area contributed by atoms with Gasteiger partial charge in [-0.25, -0.2) is 4.79 Å². The molecule has 4 nitrogen and oxygen atoms in total. The predicted molar refractivity (Wildman–Crippen MR) is 41.5 cm³/mol. The number of ether oxygens (including phenoxy) is 1. The van der Waals surface area contributed by atoms with Crippen LogP contribution in [0.4, 0.5) is 0 Å². The molecule has 0 atom stereocenters. The molecule has 0 radical (unpaired) electrons. The Morgan fingerprint density at radius 2 is 1.92 bits per heavy atom. The summed E-state index contributed by atoms with van der Waals surface area (Å²) in [6.07, 6.45) is 3.51. The first-order valence-corrected chi connectivity index (χ1v) is 4.16. The van der Waals surface area contributed by atoms with Crippen LogP contribution in [0.25, 0.3) is 0 Å². The monoisotopic (exact) mass is 174 g/mol. The van der Waals surface area contributed by atoms with Crippen LogP contribution in [0, 0.1) is 5.92 Å². The topological polar surface area (TPSA) is 55.8 Å². The molecule has 0 aromatic heterocycles. The Labute approximate surface area is 71.4 Å². The molecule has 0 aromatic carbocycles. The molecule has 1 aliphatic rings. The minimum absolute atomic E-state index is 0.138. The van der Waals surface area contributed by atoms with Crippen molar-refractivity contribution in [1.29, 1.82) is 0 Å². The lowest BCUT2D eigenvalue weighted by Gasteiger charge is -2.24. The molecule has 0 bridgehead atoms. The summed E-state index contributed by atoms with van der Waals surface area (Å²) in [5, 5.41) is 8.13. The third-order valence-corrected chi connectivity index (χ3v) is 2.43. The quantitative estimate of drug-likeness (QED) is 0.505. The lowest BCUT2D eigenvalue weighted by molar-refractivity contribution is -0.240. The van der Waals surface area contributed by atoms with Gasteiger partial charge in [-0.15, -0.1) is 0 Å². The normalized spacial score (nSPS) is 29.8. The average molecular weight is 174 g/mol. The average Bonchev–Trinajstić information content (AvgIpc) is 2.17. The van der Waals surface area contributed by atoms with Gasteiger partial charge in [-0.1, -0.05) is 0 Å². The summed E-state index contributed by atoms with van der Waals surface area (Å²) in [5.41, 5.74) is 0. The van der Waals surface area contributed by atoms with E-state index in [2.05, 4.69) is 4.89 Å². The van der Waals surface area contributed by atoms with Gasteiger partial charge in [0.2, 0.25) is 0 Å². The Kier molecular flexibility index (Phi) is 3.49. The summed E-state index contributed by atoms with van der Waals surface area (Å²) in [6, 6.07) is 0. The van der Waals surface area contributed by atoms with E-state index >= 15 is 0 Å². The van der Waals surface area contributed by atoms with Gasteiger partial charge in [0.25, 0.3) is 0 Å². The van der Waals surface area contributed by atoms with Gasteiger partial charge in [-0.05, 0) is 25.7 Å². The molecule has 1 N–H and O–H groups in total. The zero-order chi connectivity index (χ0) is 8.97. The van der Waals surface area contributed by atoms with Gasteiger partial charge in [-0.2, -0.15) is 5.26 Å². The third kappa shape index (κ3) is 2.19. The molecule has 0 spiro atoms. The number of hydrogen-bond acceptors (Lipinski definition) is 4. The van der Waals surface area contributed by atoms with Crippen LogP contribution in [0.5, 0.6) is 0 Å². The Morgan fingerprint density at radius 3 is 2.33 bits per heavy atom. The SMILES string of the molecule is COC1CCC(C(=O)OO)CC1. The second-order valence-electron chi connectivity index (χ2n) is 3.12. The third-order valence-electron chi connectivity index (χ3n) is 2.43. The van der Waals surface area contributed by atoms with Crippen LogP contribution in [-0.2, 0) is 14.4 Å². The molecule has 70 valence electrons. The maximum absolute atomic E-state index is 10.8. The van der Waals surface area contributed by atoms with E-state index in [0.717, 1.165) is 25.7 Å². The Balaban J connectivity index is 2.30. The number of carbonyl (C=O) groups excluding carboxylic acids is 1. The van der Waals surface area contributed by atoms with Crippen LogP contribution in [0.15, 0.2) is 0 Å². The molecule has 0 aromatic rings. The van der Waals surface area contributed by atoms with Crippen LogP contribution in [0.2, 0.25) is 0 Å². The molecule has 0 unspecified atom stereocenters. The highest BCUT2D eigenvalue weighted by molar-refractivity contribution is 5.71. The molecule has 0 aliphatic heterocycles. The summed E-state index contributed by atoms with van der Waals surface area (Å²) < 4.78 is 5.14. The molecule has 1 saturated carbocycles. The second kappa shape index (κ2) is 4.42. The van der Waals surface area contributed by atoms with Crippen molar-refractivity contribution in [1.82, 2.24) is 0 Å². The highest BCUT2D eigenvalue weighted by atomic mass is 17.1. The van der Waals surface area contributed by atoms with E-state index in [0.29, 0.717) is 0 Å². The second-order valence-corrected chi connectivity index (χ2v) is 3.12.